The molecule has 0 aliphatic carbocycles. The van der Waals surface area contributed by atoms with E-state index in [4.69, 9.17) is 0 Å². The highest BCUT2D eigenvalue weighted by Gasteiger charge is 2.38. The number of aryl methyl sites for hydroxylation is 1. The molecule has 0 saturated heterocycles. The number of hydrazine groups is 1. The van der Waals surface area contributed by atoms with Gasteiger partial charge in [-0.3, -0.25) is 9.80 Å². The Hall–Kier alpha value is -2.09. The van der Waals surface area contributed by atoms with Crippen LogP contribution in [0, 0.1) is 0 Å². The van der Waals surface area contributed by atoms with Gasteiger partial charge in [0.15, 0.2) is 6.23 Å². The van der Waals surface area contributed by atoms with E-state index in [1.54, 1.807) is 20.8 Å². The van der Waals surface area contributed by atoms with Gasteiger partial charge in [-0.1, -0.05) is 6.92 Å². The maximum atomic E-state index is 12.9. The second-order valence-electron chi connectivity index (χ2n) is 5.37. The molecule has 0 spiro atoms. The second-order valence-corrected chi connectivity index (χ2v) is 5.37. The molecule has 2 heterocycles. The Bertz CT molecular complexity index is 670. The molecule has 126 valence electrons. The number of anilines is 1. The first-order valence-corrected chi connectivity index (χ1v) is 7.09. The molecular weight excluding hydrogens is 311 g/mol. The fraction of sp³-hybridized carbons (Fsp3) is 0.467. The third-order valence-electron chi connectivity index (χ3n) is 3.99. The molecule has 1 amide bonds. The first-order valence-electron chi connectivity index (χ1n) is 7.09. The van der Waals surface area contributed by atoms with Gasteiger partial charge in [-0.05, 0) is 38.0 Å². The quantitative estimate of drug-likeness (QED) is 0.926. The van der Waals surface area contributed by atoms with Gasteiger partial charge < -0.3 is 5.11 Å². The third kappa shape index (κ3) is 2.90. The molecule has 0 saturated carbocycles. The van der Waals surface area contributed by atoms with Gasteiger partial charge in [0.2, 0.25) is 0 Å². The SMILES string of the molecule is CCc1nc(N(C)N2C(=O)C(C)=C(C)C2O)ccc1C(F)(F)F. The molecule has 0 aromatic carbocycles. The first-order chi connectivity index (χ1) is 10.6. The van der Waals surface area contributed by atoms with Crippen LogP contribution in [0.25, 0.3) is 0 Å². The highest BCUT2D eigenvalue weighted by atomic mass is 19.4. The highest BCUT2D eigenvalue weighted by molar-refractivity contribution is 5.97. The second kappa shape index (κ2) is 5.84. The van der Waals surface area contributed by atoms with E-state index in [0.29, 0.717) is 11.1 Å². The average molecular weight is 329 g/mol. The largest absolute Gasteiger partial charge is 0.418 e. The van der Waals surface area contributed by atoms with Crippen LogP contribution in [-0.4, -0.2) is 34.3 Å². The minimum atomic E-state index is -4.48. The van der Waals surface area contributed by atoms with Crippen molar-refractivity contribution in [3.8, 4) is 0 Å². The summed E-state index contributed by atoms with van der Waals surface area (Å²) in [6.07, 6.45) is -5.53. The van der Waals surface area contributed by atoms with Crippen molar-refractivity contribution in [1.29, 1.82) is 0 Å². The number of rotatable bonds is 3. The zero-order chi connectivity index (χ0) is 17.5. The molecule has 0 fully saturated rings. The molecule has 8 heteroatoms. The van der Waals surface area contributed by atoms with E-state index in [0.717, 1.165) is 11.1 Å². The monoisotopic (exact) mass is 329 g/mol. The summed E-state index contributed by atoms with van der Waals surface area (Å²) in [5, 5.41) is 12.5. The lowest BCUT2D eigenvalue weighted by atomic mass is 10.1. The number of halogens is 3. The predicted octanol–water partition coefficient (Wildman–Crippen LogP) is 2.51. The van der Waals surface area contributed by atoms with Gasteiger partial charge in [-0.15, -0.1) is 0 Å². The van der Waals surface area contributed by atoms with E-state index in [1.165, 1.54) is 18.1 Å². The molecule has 0 radical (unpaired) electrons. The molecule has 1 atom stereocenters. The fourth-order valence-corrected chi connectivity index (χ4v) is 2.44. The van der Waals surface area contributed by atoms with Crippen LogP contribution in [0.15, 0.2) is 23.3 Å². The third-order valence-corrected chi connectivity index (χ3v) is 3.99. The van der Waals surface area contributed by atoms with Gasteiger partial charge >= 0.3 is 6.18 Å². The number of aromatic nitrogens is 1. The summed E-state index contributed by atoms with van der Waals surface area (Å²) in [5.41, 5.74) is 0.0109. The van der Waals surface area contributed by atoms with E-state index in [2.05, 4.69) is 4.98 Å². The Balaban J connectivity index is 2.38. The van der Waals surface area contributed by atoms with Crippen molar-refractivity contribution in [2.24, 2.45) is 0 Å². The Morgan fingerprint density at radius 2 is 1.96 bits per heavy atom. The molecule has 2 rings (SSSR count). The van der Waals surface area contributed by atoms with E-state index in [9.17, 15) is 23.1 Å². The van der Waals surface area contributed by atoms with Crippen molar-refractivity contribution < 1.29 is 23.1 Å². The Morgan fingerprint density at radius 1 is 1.35 bits per heavy atom. The maximum absolute atomic E-state index is 12.9. The van der Waals surface area contributed by atoms with Gasteiger partial charge in [0.25, 0.3) is 5.91 Å². The van der Waals surface area contributed by atoms with Crippen molar-refractivity contribution >= 4 is 11.7 Å². The normalized spacial score (nSPS) is 18.9. The van der Waals surface area contributed by atoms with Gasteiger partial charge in [-0.2, -0.15) is 13.2 Å². The molecular formula is C15H18F3N3O2. The standard InChI is InChI=1S/C15H18F3N3O2/c1-5-11-10(15(16,17)18)6-7-12(19-11)20(4)21-13(22)8(2)9(3)14(21)23/h6-7,13,22H,5H2,1-4H3. The average Bonchev–Trinajstić information content (AvgIpc) is 2.69. The lowest BCUT2D eigenvalue weighted by Gasteiger charge is -2.32. The van der Waals surface area contributed by atoms with Crippen LogP contribution in [0.4, 0.5) is 19.0 Å². The van der Waals surface area contributed by atoms with Crippen LogP contribution in [0.2, 0.25) is 0 Å². The Kier molecular flexibility index (Phi) is 4.39. The number of hydrogen-bond acceptors (Lipinski definition) is 4. The number of aliphatic hydroxyl groups excluding tert-OH is 1. The number of pyridine rings is 1. The summed E-state index contributed by atoms with van der Waals surface area (Å²) in [5.74, 6) is -0.248. The first kappa shape index (κ1) is 17.3. The minimum Gasteiger partial charge on any atom is -0.368 e. The van der Waals surface area contributed by atoms with E-state index < -0.39 is 23.9 Å². The fourth-order valence-electron chi connectivity index (χ4n) is 2.44. The van der Waals surface area contributed by atoms with Gasteiger partial charge in [-0.25, -0.2) is 9.99 Å². The van der Waals surface area contributed by atoms with Gasteiger partial charge in [0, 0.05) is 12.6 Å². The van der Waals surface area contributed by atoms with E-state index in [1.807, 2.05) is 0 Å². The summed E-state index contributed by atoms with van der Waals surface area (Å²) in [7, 11) is 1.47. The number of nitrogens with zero attached hydrogens (tertiary/aromatic N) is 3. The zero-order valence-corrected chi connectivity index (χ0v) is 13.3. The molecule has 1 N–H and O–H groups in total. The van der Waals surface area contributed by atoms with Crippen molar-refractivity contribution in [1.82, 2.24) is 9.99 Å². The molecule has 1 aromatic rings. The zero-order valence-electron chi connectivity index (χ0n) is 13.3. The van der Waals surface area contributed by atoms with E-state index in [-0.39, 0.29) is 17.9 Å². The van der Waals surface area contributed by atoms with Crippen LogP contribution < -0.4 is 5.01 Å². The summed E-state index contributed by atoms with van der Waals surface area (Å²) < 4.78 is 38.8. The topological polar surface area (TPSA) is 56.7 Å². The Morgan fingerprint density at radius 3 is 2.39 bits per heavy atom. The maximum Gasteiger partial charge on any atom is 0.418 e. The predicted molar refractivity (Wildman–Crippen MR) is 78.2 cm³/mol. The number of carbonyl (C=O) groups is 1. The van der Waals surface area contributed by atoms with Gasteiger partial charge in [0.05, 0.1) is 11.3 Å². The van der Waals surface area contributed by atoms with Crippen LogP contribution in [-0.2, 0) is 17.4 Å². The summed E-state index contributed by atoms with van der Waals surface area (Å²) in [6.45, 7) is 4.79. The summed E-state index contributed by atoms with van der Waals surface area (Å²) in [4.78, 5) is 16.2. The molecule has 0 bridgehead atoms. The number of hydrogen-bond donors (Lipinski definition) is 1. The van der Waals surface area contributed by atoms with Crippen molar-refractivity contribution in [2.45, 2.75) is 39.6 Å². The molecule has 5 nitrogen and oxygen atoms in total. The number of alkyl halides is 3. The highest BCUT2D eigenvalue weighted by Crippen LogP contribution is 2.33. The molecule has 1 aliphatic heterocycles. The van der Waals surface area contributed by atoms with Crippen molar-refractivity contribution in [2.75, 3.05) is 12.1 Å². The van der Waals surface area contributed by atoms with Crippen LogP contribution in [0.5, 0.6) is 0 Å². The molecule has 1 aliphatic rings. The lowest BCUT2D eigenvalue weighted by Crippen LogP contribution is -2.48. The van der Waals surface area contributed by atoms with Crippen LogP contribution >= 0.6 is 0 Å². The van der Waals surface area contributed by atoms with Crippen molar-refractivity contribution in [3.05, 3.63) is 34.5 Å². The lowest BCUT2D eigenvalue weighted by molar-refractivity contribution is -0.138. The molecule has 23 heavy (non-hydrogen) atoms. The van der Waals surface area contributed by atoms with Crippen molar-refractivity contribution in [3.63, 3.8) is 0 Å². The smallest absolute Gasteiger partial charge is 0.368 e. The number of amides is 1. The minimum absolute atomic E-state index is 0.101. The summed E-state index contributed by atoms with van der Waals surface area (Å²) >= 11 is 0. The number of carbonyl (C=O) groups excluding carboxylic acids is 1. The molecule has 1 unspecified atom stereocenters. The Labute approximate surface area is 132 Å². The van der Waals surface area contributed by atoms with Crippen LogP contribution in [0.3, 0.4) is 0 Å². The van der Waals surface area contributed by atoms with Crippen LogP contribution in [0.1, 0.15) is 32.0 Å². The molecule has 1 aromatic heterocycles. The number of aliphatic hydroxyl groups is 1. The summed E-state index contributed by atoms with van der Waals surface area (Å²) in [6, 6.07) is 2.13. The van der Waals surface area contributed by atoms with Gasteiger partial charge in [0.1, 0.15) is 5.82 Å². The van der Waals surface area contributed by atoms with E-state index >= 15 is 0 Å².